The van der Waals surface area contributed by atoms with Crippen LogP contribution in [0.5, 0.6) is 0 Å². The number of halogens is 2. The van der Waals surface area contributed by atoms with Crippen LogP contribution in [0.3, 0.4) is 0 Å². The Hall–Kier alpha value is -1.49. The molecule has 0 saturated heterocycles. The molecule has 3 nitrogen and oxygen atoms in total. The molecule has 1 aliphatic carbocycles. The molecule has 1 unspecified atom stereocenters. The van der Waals surface area contributed by atoms with Gasteiger partial charge in [0.2, 0.25) is 0 Å². The molecule has 0 heterocycles. The van der Waals surface area contributed by atoms with Crippen molar-refractivity contribution in [2.75, 3.05) is 0 Å². The van der Waals surface area contributed by atoms with E-state index < -0.39 is 17.6 Å². The zero-order valence-electron chi connectivity index (χ0n) is 12.8. The molecule has 0 spiro atoms. The van der Waals surface area contributed by atoms with Gasteiger partial charge >= 0.3 is 5.97 Å². The molecule has 1 fully saturated rings. The van der Waals surface area contributed by atoms with Gasteiger partial charge in [-0.2, -0.15) is 0 Å². The van der Waals surface area contributed by atoms with E-state index >= 15 is 0 Å². The molecular weight excluding hydrogens is 288 g/mol. The first-order valence-electron chi connectivity index (χ1n) is 7.88. The Kier molecular flexibility index (Phi) is 5.89. The van der Waals surface area contributed by atoms with Gasteiger partial charge in [0.25, 0.3) is 0 Å². The molecule has 1 aliphatic rings. The minimum absolute atomic E-state index is 0.207. The van der Waals surface area contributed by atoms with Crippen LogP contribution in [0.15, 0.2) is 18.2 Å². The summed E-state index contributed by atoms with van der Waals surface area (Å²) < 4.78 is 26.4. The van der Waals surface area contributed by atoms with E-state index in [1.54, 1.807) is 0 Å². The van der Waals surface area contributed by atoms with Crippen molar-refractivity contribution >= 4 is 5.97 Å². The summed E-state index contributed by atoms with van der Waals surface area (Å²) in [5.74, 6) is -1.95. The number of carboxylic acid groups (broad SMARTS) is 1. The van der Waals surface area contributed by atoms with Crippen molar-refractivity contribution in [1.29, 1.82) is 0 Å². The van der Waals surface area contributed by atoms with Gasteiger partial charge in [-0.1, -0.05) is 6.07 Å². The molecule has 5 heteroatoms. The minimum Gasteiger partial charge on any atom is -0.481 e. The van der Waals surface area contributed by atoms with Crippen LogP contribution in [0.2, 0.25) is 0 Å². The highest BCUT2D eigenvalue weighted by Gasteiger charge is 2.26. The normalized spacial score (nSPS) is 23.2. The van der Waals surface area contributed by atoms with Crippen molar-refractivity contribution in [3.63, 3.8) is 0 Å². The molecule has 1 atom stereocenters. The van der Waals surface area contributed by atoms with Gasteiger partial charge in [0, 0.05) is 18.2 Å². The fourth-order valence-electron chi connectivity index (χ4n) is 3.09. The zero-order chi connectivity index (χ0) is 16.1. The Bertz CT molecular complexity index is 513. The second-order valence-corrected chi connectivity index (χ2v) is 6.23. The van der Waals surface area contributed by atoms with Crippen LogP contribution in [0, 0.1) is 17.6 Å². The predicted molar refractivity (Wildman–Crippen MR) is 80.7 cm³/mol. The third-order valence-electron chi connectivity index (χ3n) is 4.46. The molecule has 0 radical (unpaired) electrons. The largest absolute Gasteiger partial charge is 0.481 e. The van der Waals surface area contributed by atoms with Crippen LogP contribution >= 0.6 is 0 Å². The highest BCUT2D eigenvalue weighted by Crippen LogP contribution is 2.25. The lowest BCUT2D eigenvalue weighted by Crippen LogP contribution is -2.40. The van der Waals surface area contributed by atoms with E-state index in [9.17, 15) is 13.6 Å². The predicted octanol–water partition coefficient (Wildman–Crippen LogP) is 3.52. The minimum atomic E-state index is -0.696. The number of benzene rings is 1. The fourth-order valence-corrected chi connectivity index (χ4v) is 3.09. The van der Waals surface area contributed by atoms with Crippen LogP contribution in [0.25, 0.3) is 0 Å². The van der Waals surface area contributed by atoms with Crippen LogP contribution < -0.4 is 5.32 Å². The molecule has 1 aromatic carbocycles. The molecule has 2 N–H and O–H groups in total. The summed E-state index contributed by atoms with van der Waals surface area (Å²) in [7, 11) is 0. The molecule has 0 bridgehead atoms. The van der Waals surface area contributed by atoms with Crippen LogP contribution in [-0.4, -0.2) is 23.2 Å². The van der Waals surface area contributed by atoms with Gasteiger partial charge < -0.3 is 10.4 Å². The van der Waals surface area contributed by atoms with Crippen molar-refractivity contribution in [3.8, 4) is 0 Å². The lowest BCUT2D eigenvalue weighted by atomic mass is 9.85. The fraction of sp³-hybridized carbons (Fsp3) is 0.588. The number of rotatable bonds is 6. The van der Waals surface area contributed by atoms with Gasteiger partial charge in [-0.05, 0) is 57.1 Å². The lowest BCUT2D eigenvalue weighted by Gasteiger charge is -2.29. The van der Waals surface area contributed by atoms with E-state index in [1.165, 1.54) is 12.1 Å². The standard InChI is InChI=1S/C17H23F2NO2/c1-11(2-3-12-4-7-14(18)10-16(12)19)20-15-8-5-13(6-9-15)17(21)22/h4,7,10-11,13,15,20H,2-3,5-6,8-9H2,1H3,(H,21,22). The Morgan fingerprint density at radius 2 is 2.00 bits per heavy atom. The summed E-state index contributed by atoms with van der Waals surface area (Å²) in [5.41, 5.74) is 0.532. The number of hydrogen-bond acceptors (Lipinski definition) is 2. The molecule has 0 aliphatic heterocycles. The SMILES string of the molecule is CC(CCc1ccc(F)cc1F)NC1CCC(C(=O)O)CC1. The molecule has 1 aromatic rings. The smallest absolute Gasteiger partial charge is 0.306 e. The molecule has 2 rings (SSSR count). The molecular formula is C17H23F2NO2. The lowest BCUT2D eigenvalue weighted by molar-refractivity contribution is -0.142. The first-order chi connectivity index (χ1) is 10.5. The Labute approximate surface area is 129 Å². The maximum Gasteiger partial charge on any atom is 0.306 e. The molecule has 0 amide bonds. The average molecular weight is 311 g/mol. The van der Waals surface area contributed by atoms with Gasteiger partial charge in [0.05, 0.1) is 5.92 Å². The summed E-state index contributed by atoms with van der Waals surface area (Å²) in [4.78, 5) is 10.9. The van der Waals surface area contributed by atoms with Gasteiger partial charge in [-0.3, -0.25) is 4.79 Å². The van der Waals surface area contributed by atoms with Crippen molar-refractivity contribution in [3.05, 3.63) is 35.4 Å². The van der Waals surface area contributed by atoms with Crippen molar-refractivity contribution in [1.82, 2.24) is 5.32 Å². The summed E-state index contributed by atoms with van der Waals surface area (Å²) in [6.07, 6.45) is 4.49. The van der Waals surface area contributed by atoms with E-state index in [2.05, 4.69) is 5.32 Å². The monoisotopic (exact) mass is 311 g/mol. The van der Waals surface area contributed by atoms with Crippen LogP contribution in [0.1, 0.15) is 44.6 Å². The summed E-state index contributed by atoms with van der Waals surface area (Å²) in [6.45, 7) is 2.05. The number of carboxylic acids is 1. The number of aryl methyl sites for hydroxylation is 1. The van der Waals surface area contributed by atoms with E-state index in [0.29, 0.717) is 30.9 Å². The summed E-state index contributed by atoms with van der Waals surface area (Å²) in [5, 5.41) is 12.5. The maximum atomic E-state index is 13.6. The average Bonchev–Trinajstić information content (AvgIpc) is 2.47. The second kappa shape index (κ2) is 7.68. The zero-order valence-corrected chi connectivity index (χ0v) is 12.8. The van der Waals surface area contributed by atoms with E-state index in [0.717, 1.165) is 25.3 Å². The van der Waals surface area contributed by atoms with Crippen molar-refractivity contribution < 1.29 is 18.7 Å². The summed E-state index contributed by atoms with van der Waals surface area (Å²) in [6, 6.07) is 4.25. The van der Waals surface area contributed by atoms with Gasteiger partial charge in [0.15, 0.2) is 0 Å². The molecule has 0 aromatic heterocycles. The van der Waals surface area contributed by atoms with Crippen LogP contribution in [0.4, 0.5) is 8.78 Å². The summed E-state index contributed by atoms with van der Waals surface area (Å²) >= 11 is 0. The maximum absolute atomic E-state index is 13.6. The topological polar surface area (TPSA) is 49.3 Å². The van der Waals surface area contributed by atoms with Crippen molar-refractivity contribution in [2.45, 2.75) is 57.5 Å². The second-order valence-electron chi connectivity index (χ2n) is 6.23. The van der Waals surface area contributed by atoms with Crippen LogP contribution in [-0.2, 0) is 11.2 Å². The quantitative estimate of drug-likeness (QED) is 0.845. The Morgan fingerprint density at radius 3 is 2.59 bits per heavy atom. The molecule has 22 heavy (non-hydrogen) atoms. The number of nitrogens with one attached hydrogen (secondary N) is 1. The highest BCUT2D eigenvalue weighted by molar-refractivity contribution is 5.70. The van der Waals surface area contributed by atoms with Gasteiger partial charge in [-0.15, -0.1) is 0 Å². The van der Waals surface area contributed by atoms with E-state index in [-0.39, 0.29) is 12.0 Å². The first-order valence-corrected chi connectivity index (χ1v) is 7.88. The van der Waals surface area contributed by atoms with Gasteiger partial charge in [0.1, 0.15) is 11.6 Å². The Balaban J connectivity index is 1.74. The molecule has 1 saturated carbocycles. The highest BCUT2D eigenvalue weighted by atomic mass is 19.1. The number of aliphatic carboxylic acids is 1. The van der Waals surface area contributed by atoms with Crippen molar-refractivity contribution in [2.24, 2.45) is 5.92 Å². The first kappa shape index (κ1) is 16.9. The Morgan fingerprint density at radius 1 is 1.32 bits per heavy atom. The van der Waals surface area contributed by atoms with Gasteiger partial charge in [-0.25, -0.2) is 8.78 Å². The number of carbonyl (C=O) groups is 1. The van der Waals surface area contributed by atoms with E-state index in [1.807, 2.05) is 6.92 Å². The number of hydrogen-bond donors (Lipinski definition) is 2. The molecule has 122 valence electrons. The third kappa shape index (κ3) is 4.77. The van der Waals surface area contributed by atoms with E-state index in [4.69, 9.17) is 5.11 Å². The third-order valence-corrected chi connectivity index (χ3v) is 4.46.